The topological polar surface area (TPSA) is 70.0 Å². The summed E-state index contributed by atoms with van der Waals surface area (Å²) in [4.78, 5) is 0. The van der Waals surface area contributed by atoms with Gasteiger partial charge in [0, 0.05) is 18.9 Å². The predicted molar refractivity (Wildman–Crippen MR) is 119 cm³/mol. The number of hydrogen-bond acceptors (Lipinski definition) is 3. The van der Waals surface area contributed by atoms with Crippen LogP contribution < -0.4 is 5.73 Å². The van der Waals surface area contributed by atoms with Crippen molar-refractivity contribution >= 4 is 0 Å². The molecule has 0 unspecified atom stereocenters. The second-order valence-electron chi connectivity index (χ2n) is 8.96. The van der Waals surface area contributed by atoms with Crippen LogP contribution in [0.2, 0.25) is 0 Å². The average molecular weight is 466 g/mol. The number of nitriles is 1. The second-order valence-corrected chi connectivity index (χ2v) is 8.96. The molecule has 174 valence electrons. The van der Waals surface area contributed by atoms with E-state index in [1.165, 1.54) is 0 Å². The zero-order valence-corrected chi connectivity index (χ0v) is 18.2. The summed E-state index contributed by atoms with van der Waals surface area (Å²) in [5.41, 5.74) is 9.13. The Bertz CT molecular complexity index is 1330. The maximum atomic E-state index is 14.9. The van der Waals surface area contributed by atoms with Crippen molar-refractivity contribution in [3.63, 3.8) is 0 Å². The van der Waals surface area contributed by atoms with Gasteiger partial charge in [-0.25, -0.2) is 17.6 Å². The molecular formula is C27H22F4N2O. The number of benzene rings is 3. The lowest BCUT2D eigenvalue weighted by Crippen LogP contribution is -2.22. The lowest BCUT2D eigenvalue weighted by molar-refractivity contribution is -0.0966. The number of rotatable bonds is 3. The van der Waals surface area contributed by atoms with Gasteiger partial charge in [-0.05, 0) is 69.5 Å². The van der Waals surface area contributed by atoms with Gasteiger partial charge in [0.15, 0.2) is 0 Å². The Labute approximate surface area is 194 Å². The number of nitrogens with two attached hydrogens (primary N) is 1. The van der Waals surface area contributed by atoms with Gasteiger partial charge in [-0.3, -0.25) is 0 Å². The lowest BCUT2D eigenvalue weighted by Gasteiger charge is -2.31. The van der Waals surface area contributed by atoms with E-state index in [-0.39, 0.29) is 36.1 Å². The second kappa shape index (κ2) is 8.23. The molecule has 0 spiro atoms. The summed E-state index contributed by atoms with van der Waals surface area (Å²) in [7, 11) is 0. The summed E-state index contributed by atoms with van der Waals surface area (Å²) in [5, 5.41) is 20.3. The largest absolute Gasteiger partial charge is 0.382 e. The van der Waals surface area contributed by atoms with Crippen molar-refractivity contribution in [1.82, 2.24) is 0 Å². The highest BCUT2D eigenvalue weighted by Crippen LogP contribution is 2.53. The van der Waals surface area contributed by atoms with Gasteiger partial charge in [-0.15, -0.1) is 0 Å². The number of halogens is 4. The van der Waals surface area contributed by atoms with Gasteiger partial charge in [0.2, 0.25) is 0 Å². The fourth-order valence-electron chi connectivity index (χ4n) is 5.56. The summed E-state index contributed by atoms with van der Waals surface area (Å²) in [6.45, 7) is 0.199. The molecule has 0 radical (unpaired) electrons. The number of aliphatic hydroxyl groups is 1. The molecule has 3 N–H and O–H groups in total. The van der Waals surface area contributed by atoms with Gasteiger partial charge >= 0.3 is 0 Å². The summed E-state index contributed by atoms with van der Waals surface area (Å²) in [5.74, 6) is -4.66. The maximum Gasteiger partial charge on any atom is 0.281 e. The van der Waals surface area contributed by atoms with Crippen molar-refractivity contribution in [2.24, 2.45) is 5.73 Å². The van der Waals surface area contributed by atoms with Crippen LogP contribution in [0, 0.1) is 17.1 Å². The molecule has 3 nitrogen and oxygen atoms in total. The van der Waals surface area contributed by atoms with E-state index in [1.54, 1.807) is 30.3 Å². The molecule has 0 fully saturated rings. The van der Waals surface area contributed by atoms with E-state index in [4.69, 9.17) is 5.73 Å². The molecule has 0 bridgehead atoms. The number of nitrogens with zero attached hydrogens (tertiary/aromatic N) is 1. The third-order valence-electron chi connectivity index (χ3n) is 7.07. The molecule has 34 heavy (non-hydrogen) atoms. The number of hydrogen-bond donors (Lipinski definition) is 2. The molecule has 3 aromatic rings. The first-order chi connectivity index (χ1) is 16.3. The van der Waals surface area contributed by atoms with Gasteiger partial charge < -0.3 is 10.8 Å². The molecule has 0 heterocycles. The van der Waals surface area contributed by atoms with Gasteiger partial charge in [-0.1, -0.05) is 36.4 Å². The third-order valence-corrected chi connectivity index (χ3v) is 7.07. The minimum absolute atomic E-state index is 0.000963. The maximum absolute atomic E-state index is 14.9. The Kier molecular flexibility index (Phi) is 5.46. The van der Waals surface area contributed by atoms with E-state index in [0.29, 0.717) is 27.8 Å². The van der Waals surface area contributed by atoms with Crippen molar-refractivity contribution in [1.29, 1.82) is 5.26 Å². The Balaban J connectivity index is 1.76. The van der Waals surface area contributed by atoms with Crippen molar-refractivity contribution in [3.05, 3.63) is 93.3 Å². The molecule has 5 rings (SSSR count). The molecule has 2 aliphatic carbocycles. The normalized spacial score (nSPS) is 22.7. The Hall–Kier alpha value is -3.21. The van der Waals surface area contributed by atoms with Gasteiger partial charge in [0.05, 0.1) is 11.6 Å². The van der Waals surface area contributed by atoms with Crippen LogP contribution in [0.4, 0.5) is 17.6 Å². The van der Waals surface area contributed by atoms with Crippen LogP contribution in [0.25, 0.3) is 11.1 Å². The lowest BCUT2D eigenvalue weighted by atomic mass is 9.74. The van der Waals surface area contributed by atoms with Crippen molar-refractivity contribution < 1.29 is 22.7 Å². The van der Waals surface area contributed by atoms with E-state index in [9.17, 15) is 27.9 Å². The monoisotopic (exact) mass is 466 g/mol. The number of alkyl halides is 3. The Morgan fingerprint density at radius 2 is 1.79 bits per heavy atom. The quantitative estimate of drug-likeness (QED) is 0.466. The van der Waals surface area contributed by atoms with E-state index in [0.717, 1.165) is 17.7 Å². The summed E-state index contributed by atoms with van der Waals surface area (Å²) < 4.78 is 58.6. The van der Waals surface area contributed by atoms with Crippen LogP contribution in [0.5, 0.6) is 0 Å². The average Bonchev–Trinajstić information content (AvgIpc) is 3.07. The molecular weight excluding hydrogens is 444 g/mol. The molecule has 3 atom stereocenters. The van der Waals surface area contributed by atoms with E-state index < -0.39 is 36.4 Å². The van der Waals surface area contributed by atoms with Crippen LogP contribution in [0.1, 0.15) is 70.0 Å². The predicted octanol–water partition coefficient (Wildman–Crippen LogP) is 5.98. The van der Waals surface area contributed by atoms with Crippen LogP contribution >= 0.6 is 0 Å². The summed E-state index contributed by atoms with van der Waals surface area (Å²) >= 11 is 0. The molecule has 3 aromatic carbocycles. The first-order valence-electron chi connectivity index (χ1n) is 11.1. The Morgan fingerprint density at radius 1 is 1.03 bits per heavy atom. The molecule has 2 aliphatic rings. The van der Waals surface area contributed by atoms with Crippen LogP contribution in [-0.2, 0) is 13.0 Å². The van der Waals surface area contributed by atoms with E-state index in [1.807, 2.05) is 12.1 Å². The highest BCUT2D eigenvalue weighted by Gasteiger charge is 2.50. The standard InChI is InChI=1S/C27H22F4N2O/c28-16-9-15(13-33)24-20(7-8-23(29)21(24)10-16)18-5-6-19(17-4-2-1-3-14(17)12-32)25-22(18)11-27(30,31)26(25)34/h1-6,9-10,20,23,26,34H,7-8,11-12,32H2/t20-,23+,26+/m1/s1. The number of fused-ring (bicyclic) bond motifs is 2. The fourth-order valence-corrected chi connectivity index (χ4v) is 5.56. The van der Waals surface area contributed by atoms with Crippen LogP contribution in [0.15, 0.2) is 48.5 Å². The van der Waals surface area contributed by atoms with Gasteiger partial charge in [0.25, 0.3) is 5.92 Å². The summed E-state index contributed by atoms with van der Waals surface area (Å²) in [6, 6.07) is 14.7. The van der Waals surface area contributed by atoms with Crippen LogP contribution in [-0.4, -0.2) is 11.0 Å². The SMILES string of the molecule is N#Cc1cc(F)cc2c1[C@@H](c1ccc(-c3ccccc3CN)c3c1CC(F)(F)[C@H]3O)CC[C@@H]2F. The minimum atomic E-state index is -3.38. The summed E-state index contributed by atoms with van der Waals surface area (Å²) in [6.07, 6.45) is -3.77. The van der Waals surface area contributed by atoms with Gasteiger partial charge in [0.1, 0.15) is 18.1 Å². The van der Waals surface area contributed by atoms with Crippen molar-refractivity contribution in [3.8, 4) is 17.2 Å². The zero-order chi connectivity index (χ0) is 24.2. The van der Waals surface area contributed by atoms with Crippen molar-refractivity contribution in [2.45, 2.75) is 49.9 Å². The minimum Gasteiger partial charge on any atom is -0.382 e. The van der Waals surface area contributed by atoms with E-state index in [2.05, 4.69) is 0 Å². The van der Waals surface area contributed by atoms with Gasteiger partial charge in [-0.2, -0.15) is 5.26 Å². The fraction of sp³-hybridized carbons (Fsp3) is 0.296. The number of aliphatic hydroxyl groups excluding tert-OH is 1. The van der Waals surface area contributed by atoms with Crippen molar-refractivity contribution in [2.75, 3.05) is 0 Å². The molecule has 0 saturated carbocycles. The Morgan fingerprint density at radius 3 is 2.53 bits per heavy atom. The highest BCUT2D eigenvalue weighted by molar-refractivity contribution is 5.75. The molecule has 0 amide bonds. The molecule has 0 saturated heterocycles. The third kappa shape index (κ3) is 3.41. The molecule has 7 heteroatoms. The first-order valence-corrected chi connectivity index (χ1v) is 11.1. The molecule has 0 aromatic heterocycles. The molecule has 0 aliphatic heterocycles. The first kappa shape index (κ1) is 22.6. The zero-order valence-electron chi connectivity index (χ0n) is 18.2. The smallest absolute Gasteiger partial charge is 0.281 e. The van der Waals surface area contributed by atoms with Crippen LogP contribution in [0.3, 0.4) is 0 Å². The van der Waals surface area contributed by atoms with E-state index >= 15 is 0 Å². The highest BCUT2D eigenvalue weighted by atomic mass is 19.3.